The topological polar surface area (TPSA) is 32.3 Å². The van der Waals surface area contributed by atoms with E-state index in [9.17, 15) is 4.79 Å². The molecule has 3 heteroatoms. The van der Waals surface area contributed by atoms with Crippen LogP contribution in [0.2, 0.25) is 0 Å². The smallest absolute Gasteiger partial charge is 0.254 e. The molecule has 0 aromatic heterocycles. The monoisotopic (exact) mass is 202 g/mol. The van der Waals surface area contributed by atoms with E-state index in [1.807, 2.05) is 23.1 Å². The van der Waals surface area contributed by atoms with Gasteiger partial charge in [0.25, 0.3) is 5.91 Å². The van der Waals surface area contributed by atoms with Crippen molar-refractivity contribution in [3.8, 4) is 0 Å². The summed E-state index contributed by atoms with van der Waals surface area (Å²) in [6.07, 6.45) is 0.995. The van der Waals surface area contributed by atoms with E-state index < -0.39 is 0 Å². The van der Waals surface area contributed by atoms with Crippen LogP contribution in [-0.2, 0) is 6.42 Å². The Labute approximate surface area is 89.1 Å². The Balaban J connectivity index is 2.02. The van der Waals surface area contributed by atoms with E-state index in [2.05, 4.69) is 11.4 Å². The zero-order chi connectivity index (χ0) is 10.3. The fourth-order valence-electron chi connectivity index (χ4n) is 2.53. The van der Waals surface area contributed by atoms with Crippen molar-refractivity contribution in [2.75, 3.05) is 19.6 Å². The lowest BCUT2D eigenvalue weighted by Crippen LogP contribution is -2.56. The summed E-state index contributed by atoms with van der Waals surface area (Å²) in [6, 6.07) is 8.33. The van der Waals surface area contributed by atoms with Gasteiger partial charge in [-0.1, -0.05) is 18.2 Å². The molecule has 0 bridgehead atoms. The first-order chi connectivity index (χ1) is 7.36. The van der Waals surface area contributed by atoms with Crippen molar-refractivity contribution in [3.63, 3.8) is 0 Å². The number of piperazine rings is 1. The largest absolute Gasteiger partial charge is 0.333 e. The molecule has 2 aliphatic rings. The highest BCUT2D eigenvalue weighted by molar-refractivity contribution is 5.97. The predicted molar refractivity (Wildman–Crippen MR) is 57.8 cm³/mol. The van der Waals surface area contributed by atoms with Crippen LogP contribution in [0.4, 0.5) is 0 Å². The van der Waals surface area contributed by atoms with Gasteiger partial charge in [0.05, 0.1) is 0 Å². The molecule has 2 heterocycles. The van der Waals surface area contributed by atoms with Crippen LogP contribution in [0.25, 0.3) is 0 Å². The van der Waals surface area contributed by atoms with Crippen LogP contribution in [0.15, 0.2) is 24.3 Å². The number of nitrogens with zero attached hydrogens (tertiary/aromatic N) is 1. The Kier molecular flexibility index (Phi) is 1.99. The molecule has 0 radical (unpaired) electrons. The number of carbonyl (C=O) groups is 1. The van der Waals surface area contributed by atoms with Gasteiger partial charge >= 0.3 is 0 Å². The lowest BCUT2D eigenvalue weighted by Gasteiger charge is -2.40. The minimum Gasteiger partial charge on any atom is -0.333 e. The lowest BCUT2D eigenvalue weighted by atomic mass is 9.92. The second-order valence-electron chi connectivity index (χ2n) is 4.22. The first-order valence-corrected chi connectivity index (χ1v) is 5.46. The third kappa shape index (κ3) is 1.35. The molecular weight excluding hydrogens is 188 g/mol. The Morgan fingerprint density at radius 1 is 1.33 bits per heavy atom. The molecule has 1 atom stereocenters. The Bertz CT molecular complexity index is 402. The second kappa shape index (κ2) is 3.35. The Morgan fingerprint density at radius 2 is 2.20 bits per heavy atom. The van der Waals surface area contributed by atoms with E-state index in [0.717, 1.165) is 31.6 Å². The molecule has 78 valence electrons. The highest BCUT2D eigenvalue weighted by atomic mass is 16.2. The van der Waals surface area contributed by atoms with Gasteiger partial charge in [-0.15, -0.1) is 0 Å². The molecule has 1 aromatic carbocycles. The molecule has 3 rings (SSSR count). The van der Waals surface area contributed by atoms with Gasteiger partial charge < -0.3 is 10.2 Å². The van der Waals surface area contributed by atoms with Gasteiger partial charge in [-0.2, -0.15) is 0 Å². The third-order valence-electron chi connectivity index (χ3n) is 3.31. The first kappa shape index (κ1) is 8.92. The van der Waals surface area contributed by atoms with Gasteiger partial charge in [0.15, 0.2) is 0 Å². The van der Waals surface area contributed by atoms with Gasteiger partial charge in [0.1, 0.15) is 0 Å². The lowest BCUT2D eigenvalue weighted by molar-refractivity contribution is 0.0606. The van der Waals surface area contributed by atoms with E-state index in [1.165, 1.54) is 5.56 Å². The normalized spacial score (nSPS) is 24.7. The first-order valence-electron chi connectivity index (χ1n) is 5.46. The van der Waals surface area contributed by atoms with E-state index in [1.54, 1.807) is 0 Å². The number of hydrogen-bond donors (Lipinski definition) is 1. The molecule has 1 N–H and O–H groups in total. The van der Waals surface area contributed by atoms with Crippen molar-refractivity contribution < 1.29 is 4.79 Å². The maximum absolute atomic E-state index is 12.1. The Morgan fingerprint density at radius 3 is 3.13 bits per heavy atom. The molecule has 0 saturated carbocycles. The zero-order valence-electron chi connectivity index (χ0n) is 8.57. The van der Waals surface area contributed by atoms with Crippen molar-refractivity contribution >= 4 is 5.91 Å². The van der Waals surface area contributed by atoms with Crippen LogP contribution < -0.4 is 5.32 Å². The highest BCUT2D eigenvalue weighted by Crippen LogP contribution is 2.23. The summed E-state index contributed by atoms with van der Waals surface area (Å²) in [7, 11) is 0. The van der Waals surface area contributed by atoms with Gasteiger partial charge in [-0.3, -0.25) is 4.79 Å². The summed E-state index contributed by atoms with van der Waals surface area (Å²) in [5.74, 6) is 0.211. The maximum atomic E-state index is 12.1. The summed E-state index contributed by atoms with van der Waals surface area (Å²) in [4.78, 5) is 14.2. The predicted octanol–water partition coefficient (Wildman–Crippen LogP) is 0.657. The van der Waals surface area contributed by atoms with Crippen LogP contribution in [0, 0.1) is 0 Å². The molecule has 1 amide bonds. The number of hydrogen-bond acceptors (Lipinski definition) is 2. The zero-order valence-corrected chi connectivity index (χ0v) is 8.57. The number of fused-ring (bicyclic) bond motifs is 2. The molecule has 2 aliphatic heterocycles. The molecule has 3 nitrogen and oxygen atoms in total. The van der Waals surface area contributed by atoms with Crippen LogP contribution in [0.5, 0.6) is 0 Å². The van der Waals surface area contributed by atoms with Gasteiger partial charge in [-0.05, 0) is 18.1 Å². The van der Waals surface area contributed by atoms with Crippen LogP contribution in [0.3, 0.4) is 0 Å². The van der Waals surface area contributed by atoms with Gasteiger partial charge in [-0.25, -0.2) is 0 Å². The summed E-state index contributed by atoms with van der Waals surface area (Å²) in [6.45, 7) is 2.70. The molecule has 1 aromatic rings. The third-order valence-corrected chi connectivity index (χ3v) is 3.31. The number of benzene rings is 1. The van der Waals surface area contributed by atoms with Crippen molar-refractivity contribution in [3.05, 3.63) is 35.4 Å². The molecule has 1 unspecified atom stereocenters. The van der Waals surface area contributed by atoms with Crippen molar-refractivity contribution in [2.24, 2.45) is 0 Å². The average molecular weight is 202 g/mol. The number of rotatable bonds is 0. The molecule has 0 spiro atoms. The average Bonchev–Trinajstić information content (AvgIpc) is 2.30. The van der Waals surface area contributed by atoms with Crippen LogP contribution in [0.1, 0.15) is 15.9 Å². The summed E-state index contributed by atoms with van der Waals surface area (Å²) >= 11 is 0. The molecule has 0 aliphatic carbocycles. The van der Waals surface area contributed by atoms with Gasteiger partial charge in [0.2, 0.25) is 0 Å². The van der Waals surface area contributed by atoms with E-state index in [4.69, 9.17) is 0 Å². The van der Waals surface area contributed by atoms with Crippen molar-refractivity contribution in [1.82, 2.24) is 10.2 Å². The van der Waals surface area contributed by atoms with Crippen LogP contribution >= 0.6 is 0 Å². The van der Waals surface area contributed by atoms with Crippen molar-refractivity contribution in [1.29, 1.82) is 0 Å². The number of nitrogens with one attached hydrogen (secondary N) is 1. The van der Waals surface area contributed by atoms with E-state index in [-0.39, 0.29) is 5.91 Å². The maximum Gasteiger partial charge on any atom is 0.254 e. The summed E-state index contributed by atoms with van der Waals surface area (Å²) in [5.41, 5.74) is 2.10. The van der Waals surface area contributed by atoms with E-state index in [0.29, 0.717) is 6.04 Å². The standard InChI is InChI=1S/C12H14N2O/c15-12-11-4-2-1-3-9(11)7-10-8-13-5-6-14(10)12/h1-4,10,13H,5-8H2. The van der Waals surface area contributed by atoms with Gasteiger partial charge in [0, 0.05) is 31.2 Å². The fraction of sp³-hybridized carbons (Fsp3) is 0.417. The minimum absolute atomic E-state index is 0.211. The molecule has 1 saturated heterocycles. The SMILES string of the molecule is O=C1c2ccccc2CC2CNCCN12. The van der Waals surface area contributed by atoms with E-state index >= 15 is 0 Å². The quantitative estimate of drug-likeness (QED) is 0.670. The number of amides is 1. The van der Waals surface area contributed by atoms with Crippen molar-refractivity contribution in [2.45, 2.75) is 12.5 Å². The second-order valence-corrected chi connectivity index (χ2v) is 4.22. The summed E-state index contributed by atoms with van der Waals surface area (Å²) < 4.78 is 0. The minimum atomic E-state index is 0.211. The molecule has 15 heavy (non-hydrogen) atoms. The summed E-state index contributed by atoms with van der Waals surface area (Å²) in [5, 5.41) is 3.34. The highest BCUT2D eigenvalue weighted by Gasteiger charge is 2.33. The van der Waals surface area contributed by atoms with Crippen LogP contribution in [-0.4, -0.2) is 36.5 Å². The fourth-order valence-corrected chi connectivity index (χ4v) is 2.53. The Hall–Kier alpha value is -1.35. The molecule has 1 fully saturated rings. The molecular formula is C12H14N2O. The number of carbonyl (C=O) groups excluding carboxylic acids is 1.